The van der Waals surface area contributed by atoms with Crippen LogP contribution in [0, 0.1) is 0 Å². The summed E-state index contributed by atoms with van der Waals surface area (Å²) in [6.07, 6.45) is 0.961. The molecule has 7 heteroatoms. The normalized spacial score (nSPS) is 10.0. The number of benzene rings is 1. The molecule has 7 nitrogen and oxygen atoms in total. The van der Waals surface area contributed by atoms with Gasteiger partial charge in [-0.3, -0.25) is 0 Å². The highest BCUT2D eigenvalue weighted by Gasteiger charge is 2.08. The number of rotatable bonds is 7. The van der Waals surface area contributed by atoms with E-state index in [9.17, 15) is 0 Å². The molecule has 0 amide bonds. The Kier molecular flexibility index (Phi) is 5.14. The van der Waals surface area contributed by atoms with Crippen molar-refractivity contribution in [3.05, 3.63) is 24.3 Å². The van der Waals surface area contributed by atoms with Gasteiger partial charge in [-0.25, -0.2) is 0 Å². The van der Waals surface area contributed by atoms with Crippen molar-refractivity contribution in [3.8, 4) is 23.5 Å². The van der Waals surface area contributed by atoms with Crippen LogP contribution in [0.25, 0.3) is 0 Å². The Hall–Kier alpha value is -2.57. The van der Waals surface area contributed by atoms with Crippen molar-refractivity contribution in [3.63, 3.8) is 0 Å². The first-order valence-corrected chi connectivity index (χ1v) is 6.61. The van der Waals surface area contributed by atoms with Gasteiger partial charge in [-0.05, 0) is 30.7 Å². The maximum atomic E-state index is 5.60. The summed E-state index contributed by atoms with van der Waals surface area (Å²) in [6.45, 7) is 2.81. The Morgan fingerprint density at radius 1 is 0.905 bits per heavy atom. The lowest BCUT2D eigenvalue weighted by Crippen LogP contribution is -2.07. The Morgan fingerprint density at radius 2 is 1.57 bits per heavy atom. The zero-order valence-corrected chi connectivity index (χ0v) is 12.3. The molecule has 0 aliphatic rings. The van der Waals surface area contributed by atoms with Crippen LogP contribution in [-0.2, 0) is 0 Å². The predicted molar refractivity (Wildman–Crippen MR) is 78.2 cm³/mol. The Morgan fingerprint density at radius 3 is 2.19 bits per heavy atom. The number of hydrogen-bond acceptors (Lipinski definition) is 7. The molecule has 0 aliphatic carbocycles. The van der Waals surface area contributed by atoms with Crippen LogP contribution in [-0.4, -0.2) is 35.7 Å². The first-order valence-electron chi connectivity index (χ1n) is 6.61. The molecule has 0 unspecified atom stereocenters. The second kappa shape index (κ2) is 7.28. The van der Waals surface area contributed by atoms with Gasteiger partial charge in [0, 0.05) is 6.54 Å². The van der Waals surface area contributed by atoms with E-state index in [1.54, 1.807) is 31.4 Å². The van der Waals surface area contributed by atoms with Crippen molar-refractivity contribution in [2.45, 2.75) is 13.3 Å². The molecular formula is C14H18N4O3. The van der Waals surface area contributed by atoms with Crippen molar-refractivity contribution >= 4 is 5.95 Å². The summed E-state index contributed by atoms with van der Waals surface area (Å²) < 4.78 is 15.7. The minimum Gasteiger partial charge on any atom is -0.497 e. The Balaban J connectivity index is 2.16. The van der Waals surface area contributed by atoms with E-state index < -0.39 is 0 Å². The van der Waals surface area contributed by atoms with E-state index in [4.69, 9.17) is 14.2 Å². The highest BCUT2D eigenvalue weighted by atomic mass is 16.5. The van der Waals surface area contributed by atoms with Crippen molar-refractivity contribution < 1.29 is 14.2 Å². The van der Waals surface area contributed by atoms with Gasteiger partial charge in [-0.2, -0.15) is 9.97 Å². The number of methoxy groups -OCH3 is 2. The van der Waals surface area contributed by atoms with Crippen LogP contribution >= 0.6 is 0 Å². The first-order chi connectivity index (χ1) is 10.2. The third kappa shape index (κ3) is 4.20. The average molecular weight is 290 g/mol. The summed E-state index contributed by atoms with van der Waals surface area (Å²) in [4.78, 5) is 12.4. The number of nitrogens with one attached hydrogen (secondary N) is 1. The zero-order valence-electron chi connectivity index (χ0n) is 12.3. The molecule has 112 valence electrons. The number of hydrogen-bond donors (Lipinski definition) is 1. The third-order valence-corrected chi connectivity index (χ3v) is 2.58. The first kappa shape index (κ1) is 14.8. The van der Waals surface area contributed by atoms with Crippen LogP contribution in [0.4, 0.5) is 5.95 Å². The molecule has 2 rings (SSSR count). The van der Waals surface area contributed by atoms with Gasteiger partial charge in [-0.1, -0.05) is 6.92 Å². The van der Waals surface area contributed by atoms with E-state index in [0.717, 1.165) is 18.7 Å². The molecule has 21 heavy (non-hydrogen) atoms. The van der Waals surface area contributed by atoms with Gasteiger partial charge in [-0.15, -0.1) is 4.98 Å². The van der Waals surface area contributed by atoms with Crippen molar-refractivity contribution in [2.24, 2.45) is 0 Å². The minimum absolute atomic E-state index is 0.172. The Labute approximate surface area is 123 Å². The van der Waals surface area contributed by atoms with Crippen LogP contribution in [0.3, 0.4) is 0 Å². The molecule has 1 N–H and O–H groups in total. The smallest absolute Gasteiger partial charge is 0.330 e. The second-order valence-electron chi connectivity index (χ2n) is 4.13. The molecular weight excluding hydrogens is 272 g/mol. The van der Waals surface area contributed by atoms with Crippen LogP contribution in [0.1, 0.15) is 13.3 Å². The van der Waals surface area contributed by atoms with E-state index in [2.05, 4.69) is 27.2 Å². The SMILES string of the molecule is CCCNc1nc(OC)nc(Oc2ccc(OC)cc2)n1. The highest BCUT2D eigenvalue weighted by Crippen LogP contribution is 2.22. The van der Waals surface area contributed by atoms with Crippen LogP contribution in [0.2, 0.25) is 0 Å². The van der Waals surface area contributed by atoms with E-state index in [1.807, 2.05) is 0 Å². The fraction of sp³-hybridized carbons (Fsp3) is 0.357. The van der Waals surface area contributed by atoms with Gasteiger partial charge in [0.2, 0.25) is 5.95 Å². The molecule has 0 radical (unpaired) electrons. The van der Waals surface area contributed by atoms with Gasteiger partial charge in [0.15, 0.2) is 0 Å². The lowest BCUT2D eigenvalue weighted by Gasteiger charge is -2.08. The maximum absolute atomic E-state index is 5.60. The molecule has 0 bridgehead atoms. The van der Waals surface area contributed by atoms with Gasteiger partial charge < -0.3 is 19.5 Å². The lowest BCUT2D eigenvalue weighted by molar-refractivity contribution is 0.359. The predicted octanol–water partition coefficient (Wildman–Crippen LogP) is 2.50. The number of ether oxygens (including phenoxy) is 3. The average Bonchev–Trinajstić information content (AvgIpc) is 2.53. The summed E-state index contributed by atoms with van der Waals surface area (Å²) in [5.74, 6) is 1.78. The number of nitrogens with zero attached hydrogens (tertiary/aromatic N) is 3. The van der Waals surface area contributed by atoms with Gasteiger partial charge >= 0.3 is 12.0 Å². The quantitative estimate of drug-likeness (QED) is 0.839. The summed E-state index contributed by atoms with van der Waals surface area (Å²) >= 11 is 0. The molecule has 0 aliphatic heterocycles. The summed E-state index contributed by atoms with van der Waals surface area (Å²) in [5.41, 5.74) is 0. The summed E-state index contributed by atoms with van der Waals surface area (Å²) in [7, 11) is 3.11. The van der Waals surface area contributed by atoms with Crippen LogP contribution in [0.5, 0.6) is 23.5 Å². The highest BCUT2D eigenvalue weighted by molar-refractivity contribution is 5.34. The van der Waals surface area contributed by atoms with E-state index >= 15 is 0 Å². The van der Waals surface area contributed by atoms with Gasteiger partial charge in [0.25, 0.3) is 0 Å². The van der Waals surface area contributed by atoms with Gasteiger partial charge in [0.05, 0.1) is 14.2 Å². The Bertz CT molecular complexity index is 575. The third-order valence-electron chi connectivity index (χ3n) is 2.58. The van der Waals surface area contributed by atoms with Crippen molar-refractivity contribution in [2.75, 3.05) is 26.1 Å². The molecule has 0 spiro atoms. The minimum atomic E-state index is 0.172. The zero-order chi connectivity index (χ0) is 15.1. The molecule has 0 atom stereocenters. The fourth-order valence-electron chi connectivity index (χ4n) is 1.54. The van der Waals surface area contributed by atoms with Crippen LogP contribution < -0.4 is 19.5 Å². The largest absolute Gasteiger partial charge is 0.497 e. The number of anilines is 1. The maximum Gasteiger partial charge on any atom is 0.330 e. The van der Waals surface area contributed by atoms with E-state index in [0.29, 0.717) is 11.7 Å². The monoisotopic (exact) mass is 290 g/mol. The van der Waals surface area contributed by atoms with E-state index in [-0.39, 0.29) is 12.0 Å². The molecule has 1 aromatic carbocycles. The molecule has 1 aromatic heterocycles. The molecule has 0 saturated carbocycles. The number of aromatic nitrogens is 3. The topological polar surface area (TPSA) is 78.4 Å². The molecule has 0 saturated heterocycles. The van der Waals surface area contributed by atoms with E-state index in [1.165, 1.54) is 7.11 Å². The molecule has 1 heterocycles. The second-order valence-corrected chi connectivity index (χ2v) is 4.13. The lowest BCUT2D eigenvalue weighted by atomic mass is 10.3. The van der Waals surface area contributed by atoms with Crippen molar-refractivity contribution in [1.29, 1.82) is 0 Å². The standard InChI is InChI=1S/C14H18N4O3/c1-4-9-15-12-16-13(20-3)18-14(17-12)21-11-7-5-10(19-2)6-8-11/h5-8H,4,9H2,1-3H3,(H,15,16,17,18). The molecule has 2 aromatic rings. The van der Waals surface area contributed by atoms with Crippen LogP contribution in [0.15, 0.2) is 24.3 Å². The fourth-order valence-corrected chi connectivity index (χ4v) is 1.54. The van der Waals surface area contributed by atoms with Crippen molar-refractivity contribution in [1.82, 2.24) is 15.0 Å². The van der Waals surface area contributed by atoms with Gasteiger partial charge in [0.1, 0.15) is 11.5 Å². The summed E-state index contributed by atoms with van der Waals surface area (Å²) in [5, 5.41) is 3.07. The summed E-state index contributed by atoms with van der Waals surface area (Å²) in [6, 6.07) is 7.51. The molecule has 0 fully saturated rings.